The van der Waals surface area contributed by atoms with Crippen LogP contribution in [0, 0.1) is 0 Å². The van der Waals surface area contributed by atoms with Crippen molar-refractivity contribution < 1.29 is 37.0 Å². The summed E-state index contributed by atoms with van der Waals surface area (Å²) in [5.74, 6) is -1.49. The Hall–Kier alpha value is -3.60. The summed E-state index contributed by atoms with van der Waals surface area (Å²) in [6.45, 7) is 1.40. The molecule has 11 heteroatoms. The lowest BCUT2D eigenvalue weighted by Crippen LogP contribution is -2.40. The molecule has 0 aliphatic heterocycles. The van der Waals surface area contributed by atoms with Gasteiger partial charge in [-0.3, -0.25) is 19.1 Å². The first-order chi connectivity index (χ1) is 15.2. The molecule has 0 saturated carbocycles. The van der Waals surface area contributed by atoms with E-state index in [0.717, 1.165) is 19.1 Å². The van der Waals surface area contributed by atoms with Gasteiger partial charge < -0.3 is 19.1 Å². The molecule has 0 spiro atoms. The molecule has 0 saturated heterocycles. The van der Waals surface area contributed by atoms with Crippen molar-refractivity contribution >= 4 is 33.6 Å². The summed E-state index contributed by atoms with van der Waals surface area (Å²) in [5, 5.41) is 0. The van der Waals surface area contributed by atoms with Gasteiger partial charge in [0, 0.05) is 11.3 Å². The first-order valence-electron chi connectivity index (χ1n) is 9.48. The van der Waals surface area contributed by atoms with Crippen LogP contribution in [0.4, 0.5) is 5.69 Å². The van der Waals surface area contributed by atoms with Gasteiger partial charge in [0.2, 0.25) is 0 Å². The highest BCUT2D eigenvalue weighted by molar-refractivity contribution is 7.92. The molecular formula is C21H24N2O8S. The zero-order valence-electron chi connectivity index (χ0n) is 17.9. The third-order valence-corrected chi connectivity index (χ3v) is 5.61. The average molecular weight is 464 g/mol. The molecule has 1 amide bonds. The van der Waals surface area contributed by atoms with E-state index in [0.29, 0.717) is 18.0 Å². The number of hydrogen-bond donors (Lipinski definition) is 1. The number of sulfonamides is 1. The van der Waals surface area contributed by atoms with Crippen molar-refractivity contribution in [2.75, 3.05) is 38.6 Å². The number of benzene rings is 2. The molecular weight excluding hydrogens is 440 g/mol. The predicted molar refractivity (Wildman–Crippen MR) is 115 cm³/mol. The SMILES string of the molecule is CCOc1ccc(NS(=O)(=O)c2ccc(C(=O)N(CC(=O)OC)CC(=O)OC)cc2)cc1. The van der Waals surface area contributed by atoms with Crippen LogP contribution in [0.15, 0.2) is 53.4 Å². The van der Waals surface area contributed by atoms with Crippen molar-refractivity contribution in [3.63, 3.8) is 0 Å². The summed E-state index contributed by atoms with van der Waals surface area (Å²) in [6, 6.07) is 11.5. The maximum atomic E-state index is 12.7. The Kier molecular flexibility index (Phi) is 8.59. The summed E-state index contributed by atoms with van der Waals surface area (Å²) < 4.78 is 42.1. The average Bonchev–Trinajstić information content (AvgIpc) is 2.79. The maximum absolute atomic E-state index is 12.7. The highest BCUT2D eigenvalue weighted by Gasteiger charge is 2.23. The normalized spacial score (nSPS) is 10.7. The van der Waals surface area contributed by atoms with E-state index >= 15 is 0 Å². The molecule has 2 aromatic rings. The Morgan fingerprint density at radius 2 is 1.41 bits per heavy atom. The molecule has 1 N–H and O–H groups in total. The van der Waals surface area contributed by atoms with Crippen molar-refractivity contribution in [1.82, 2.24) is 4.90 Å². The van der Waals surface area contributed by atoms with Gasteiger partial charge in [-0.05, 0) is 55.5 Å². The number of nitrogens with one attached hydrogen (secondary N) is 1. The molecule has 0 bridgehead atoms. The Labute approximate surface area is 186 Å². The second kappa shape index (κ2) is 11.1. The van der Waals surface area contributed by atoms with Gasteiger partial charge in [-0.1, -0.05) is 0 Å². The minimum Gasteiger partial charge on any atom is -0.494 e. The highest BCUT2D eigenvalue weighted by atomic mass is 32.2. The summed E-state index contributed by atoms with van der Waals surface area (Å²) >= 11 is 0. The largest absolute Gasteiger partial charge is 0.494 e. The van der Waals surface area contributed by atoms with Crippen LogP contribution in [0.1, 0.15) is 17.3 Å². The molecule has 0 heterocycles. The highest BCUT2D eigenvalue weighted by Crippen LogP contribution is 2.20. The lowest BCUT2D eigenvalue weighted by Gasteiger charge is -2.20. The van der Waals surface area contributed by atoms with Gasteiger partial charge in [0.05, 0.1) is 25.7 Å². The van der Waals surface area contributed by atoms with Crippen LogP contribution in [0.3, 0.4) is 0 Å². The number of hydrogen-bond acceptors (Lipinski definition) is 8. The number of methoxy groups -OCH3 is 2. The van der Waals surface area contributed by atoms with Gasteiger partial charge >= 0.3 is 11.9 Å². The number of carbonyl (C=O) groups excluding carboxylic acids is 3. The Bertz CT molecular complexity index is 1030. The number of amides is 1. The van der Waals surface area contributed by atoms with Crippen LogP contribution in [0.5, 0.6) is 5.75 Å². The molecule has 0 radical (unpaired) electrons. The third kappa shape index (κ3) is 6.71. The van der Waals surface area contributed by atoms with Gasteiger partial charge in [-0.25, -0.2) is 8.42 Å². The Morgan fingerprint density at radius 3 is 1.88 bits per heavy atom. The minimum atomic E-state index is -3.91. The van der Waals surface area contributed by atoms with Crippen molar-refractivity contribution in [1.29, 1.82) is 0 Å². The van der Waals surface area contributed by atoms with E-state index in [-0.39, 0.29) is 10.5 Å². The quantitative estimate of drug-likeness (QED) is 0.526. The van der Waals surface area contributed by atoms with Crippen molar-refractivity contribution in [2.45, 2.75) is 11.8 Å². The third-order valence-electron chi connectivity index (χ3n) is 4.21. The van der Waals surface area contributed by atoms with Crippen LogP contribution >= 0.6 is 0 Å². The molecule has 0 aliphatic carbocycles. The molecule has 0 aromatic heterocycles. The van der Waals surface area contributed by atoms with E-state index in [1.54, 1.807) is 24.3 Å². The summed E-state index contributed by atoms with van der Waals surface area (Å²) in [4.78, 5) is 36.7. The Balaban J connectivity index is 2.17. The first-order valence-corrected chi connectivity index (χ1v) is 11.0. The summed E-state index contributed by atoms with van der Waals surface area (Å²) in [5.41, 5.74) is 0.425. The van der Waals surface area contributed by atoms with Crippen molar-refractivity contribution in [3.05, 3.63) is 54.1 Å². The summed E-state index contributed by atoms with van der Waals surface area (Å²) in [6.07, 6.45) is 0. The number of nitrogens with zero attached hydrogens (tertiary/aromatic N) is 1. The molecule has 2 rings (SSSR count). The molecule has 0 unspecified atom stereocenters. The molecule has 10 nitrogen and oxygen atoms in total. The topological polar surface area (TPSA) is 128 Å². The van der Waals surface area contributed by atoms with E-state index in [2.05, 4.69) is 14.2 Å². The second-order valence-electron chi connectivity index (χ2n) is 6.40. The Morgan fingerprint density at radius 1 is 0.875 bits per heavy atom. The molecule has 32 heavy (non-hydrogen) atoms. The van der Waals surface area contributed by atoms with E-state index in [4.69, 9.17) is 4.74 Å². The van der Waals surface area contributed by atoms with Crippen LogP contribution < -0.4 is 9.46 Å². The van der Waals surface area contributed by atoms with Crippen molar-refractivity contribution in [2.24, 2.45) is 0 Å². The predicted octanol–water partition coefficient (Wildman–Crippen LogP) is 1.67. The van der Waals surface area contributed by atoms with E-state index in [1.165, 1.54) is 24.3 Å². The molecule has 0 atom stereocenters. The second-order valence-corrected chi connectivity index (χ2v) is 8.08. The van der Waals surface area contributed by atoms with Gasteiger partial charge in [-0.15, -0.1) is 0 Å². The van der Waals surface area contributed by atoms with E-state index in [9.17, 15) is 22.8 Å². The number of ether oxygens (including phenoxy) is 3. The fourth-order valence-electron chi connectivity index (χ4n) is 2.60. The monoisotopic (exact) mass is 464 g/mol. The van der Waals surface area contributed by atoms with Crippen LogP contribution in [-0.2, 0) is 29.1 Å². The van der Waals surface area contributed by atoms with Crippen molar-refractivity contribution in [3.8, 4) is 5.75 Å². The zero-order valence-corrected chi connectivity index (χ0v) is 18.7. The number of anilines is 1. The van der Waals surface area contributed by atoms with Crippen LogP contribution in [0.2, 0.25) is 0 Å². The zero-order chi connectivity index (χ0) is 23.7. The molecule has 0 fully saturated rings. The minimum absolute atomic E-state index is 0.0737. The maximum Gasteiger partial charge on any atom is 0.325 e. The number of carbonyl (C=O) groups is 3. The van der Waals surface area contributed by atoms with Gasteiger partial charge in [0.1, 0.15) is 18.8 Å². The van der Waals surface area contributed by atoms with E-state index < -0.39 is 41.0 Å². The van der Waals surface area contributed by atoms with Crippen LogP contribution in [0.25, 0.3) is 0 Å². The van der Waals surface area contributed by atoms with Gasteiger partial charge in [-0.2, -0.15) is 0 Å². The summed E-state index contributed by atoms with van der Waals surface area (Å²) in [7, 11) is -1.61. The lowest BCUT2D eigenvalue weighted by atomic mass is 10.2. The van der Waals surface area contributed by atoms with Gasteiger partial charge in [0.25, 0.3) is 15.9 Å². The first kappa shape index (κ1) is 24.7. The van der Waals surface area contributed by atoms with Gasteiger partial charge in [0.15, 0.2) is 0 Å². The number of esters is 2. The number of rotatable bonds is 10. The molecule has 2 aromatic carbocycles. The van der Waals surface area contributed by atoms with E-state index in [1.807, 2.05) is 6.92 Å². The molecule has 172 valence electrons. The van der Waals surface area contributed by atoms with Crippen LogP contribution in [-0.4, -0.2) is 65.1 Å². The smallest absolute Gasteiger partial charge is 0.325 e. The fourth-order valence-corrected chi connectivity index (χ4v) is 3.66. The fraction of sp³-hybridized carbons (Fsp3) is 0.286. The standard InChI is InChI=1S/C21H24N2O8S/c1-4-31-17-9-7-16(8-10-17)22-32(27,28)18-11-5-15(6-12-18)21(26)23(13-19(24)29-2)14-20(25)30-3/h5-12,22H,4,13-14H2,1-3H3. The lowest BCUT2D eigenvalue weighted by molar-refractivity contribution is -0.144. The molecule has 0 aliphatic rings.